The summed E-state index contributed by atoms with van der Waals surface area (Å²) in [6.07, 6.45) is 2.37. The maximum atomic E-state index is 12.4. The SMILES string of the molecule is CCCC(NC(=O)[C@@H]1CCCN1C(=O)c1cccs1)C(=O)O. The summed E-state index contributed by atoms with van der Waals surface area (Å²) in [5, 5.41) is 13.5. The van der Waals surface area contributed by atoms with E-state index in [-0.39, 0.29) is 11.8 Å². The summed E-state index contributed by atoms with van der Waals surface area (Å²) < 4.78 is 0. The minimum Gasteiger partial charge on any atom is -0.480 e. The molecular weight excluding hydrogens is 304 g/mol. The van der Waals surface area contributed by atoms with Gasteiger partial charge in [0.05, 0.1) is 4.88 Å². The normalized spacial score (nSPS) is 19.0. The lowest BCUT2D eigenvalue weighted by molar-refractivity contribution is -0.142. The highest BCUT2D eigenvalue weighted by Gasteiger charge is 2.36. The zero-order valence-electron chi connectivity index (χ0n) is 12.4. The molecule has 2 heterocycles. The van der Waals surface area contributed by atoms with E-state index in [0.717, 1.165) is 6.42 Å². The van der Waals surface area contributed by atoms with Gasteiger partial charge in [-0.2, -0.15) is 0 Å². The first-order valence-corrected chi connectivity index (χ1v) is 8.30. The second kappa shape index (κ2) is 7.40. The molecule has 1 unspecified atom stereocenters. The fourth-order valence-electron chi connectivity index (χ4n) is 2.64. The molecule has 1 aliphatic rings. The van der Waals surface area contributed by atoms with Gasteiger partial charge in [-0.1, -0.05) is 19.4 Å². The van der Waals surface area contributed by atoms with Crippen molar-refractivity contribution in [1.82, 2.24) is 10.2 Å². The third kappa shape index (κ3) is 3.65. The second-order valence-corrected chi connectivity index (χ2v) is 6.27. The van der Waals surface area contributed by atoms with Crippen molar-refractivity contribution < 1.29 is 19.5 Å². The Labute approximate surface area is 133 Å². The van der Waals surface area contributed by atoms with E-state index in [1.165, 1.54) is 11.3 Å². The minimum atomic E-state index is -1.04. The van der Waals surface area contributed by atoms with Crippen LogP contribution in [0.15, 0.2) is 17.5 Å². The fraction of sp³-hybridized carbons (Fsp3) is 0.533. The maximum absolute atomic E-state index is 12.4. The maximum Gasteiger partial charge on any atom is 0.326 e. The number of nitrogens with one attached hydrogen (secondary N) is 1. The van der Waals surface area contributed by atoms with E-state index in [9.17, 15) is 14.4 Å². The second-order valence-electron chi connectivity index (χ2n) is 5.32. The molecule has 0 aliphatic carbocycles. The molecule has 0 aromatic carbocycles. The molecule has 1 saturated heterocycles. The number of thiophene rings is 1. The number of rotatable bonds is 6. The van der Waals surface area contributed by atoms with E-state index in [4.69, 9.17) is 5.11 Å². The highest BCUT2D eigenvalue weighted by atomic mass is 32.1. The average molecular weight is 324 g/mol. The van der Waals surface area contributed by atoms with Crippen molar-refractivity contribution in [2.75, 3.05) is 6.54 Å². The van der Waals surface area contributed by atoms with Crippen molar-refractivity contribution in [3.63, 3.8) is 0 Å². The van der Waals surface area contributed by atoms with Gasteiger partial charge in [0, 0.05) is 6.54 Å². The summed E-state index contributed by atoms with van der Waals surface area (Å²) in [4.78, 5) is 38.1. The van der Waals surface area contributed by atoms with Crippen LogP contribution in [0, 0.1) is 0 Å². The Kier molecular flexibility index (Phi) is 5.54. The van der Waals surface area contributed by atoms with E-state index >= 15 is 0 Å². The Hall–Kier alpha value is -1.89. The summed E-state index contributed by atoms with van der Waals surface area (Å²) in [7, 11) is 0. The molecule has 2 N–H and O–H groups in total. The molecule has 2 amide bonds. The Morgan fingerprint density at radius 3 is 2.86 bits per heavy atom. The lowest BCUT2D eigenvalue weighted by Crippen LogP contribution is -2.50. The quantitative estimate of drug-likeness (QED) is 0.834. The number of likely N-dealkylation sites (tertiary alicyclic amines) is 1. The lowest BCUT2D eigenvalue weighted by atomic mass is 10.1. The molecule has 2 rings (SSSR count). The summed E-state index contributed by atoms with van der Waals surface area (Å²) >= 11 is 1.34. The summed E-state index contributed by atoms with van der Waals surface area (Å²) in [6, 6.07) is 2.06. The van der Waals surface area contributed by atoms with Crippen molar-refractivity contribution in [1.29, 1.82) is 0 Å². The predicted octanol–water partition coefficient (Wildman–Crippen LogP) is 1.72. The Morgan fingerprint density at radius 1 is 1.50 bits per heavy atom. The van der Waals surface area contributed by atoms with E-state index < -0.39 is 18.1 Å². The molecule has 1 aromatic rings. The van der Waals surface area contributed by atoms with E-state index in [1.807, 2.05) is 12.3 Å². The molecular formula is C15H20N2O4S. The minimum absolute atomic E-state index is 0.157. The van der Waals surface area contributed by atoms with Gasteiger partial charge < -0.3 is 15.3 Å². The van der Waals surface area contributed by atoms with Crippen molar-refractivity contribution in [2.45, 2.75) is 44.7 Å². The average Bonchev–Trinajstić information content (AvgIpc) is 3.17. The van der Waals surface area contributed by atoms with Crippen LogP contribution >= 0.6 is 11.3 Å². The Bertz CT molecular complexity index is 544. The first-order valence-electron chi connectivity index (χ1n) is 7.42. The van der Waals surface area contributed by atoms with Gasteiger partial charge in [-0.25, -0.2) is 4.79 Å². The van der Waals surface area contributed by atoms with E-state index in [1.54, 1.807) is 17.0 Å². The molecule has 120 valence electrons. The van der Waals surface area contributed by atoms with Gasteiger partial charge in [-0.15, -0.1) is 11.3 Å². The number of carboxylic acids is 1. The van der Waals surface area contributed by atoms with Crippen LogP contribution in [0.5, 0.6) is 0 Å². The van der Waals surface area contributed by atoms with Gasteiger partial charge >= 0.3 is 5.97 Å². The molecule has 6 nitrogen and oxygen atoms in total. The van der Waals surface area contributed by atoms with Gasteiger partial charge in [-0.3, -0.25) is 9.59 Å². The largest absolute Gasteiger partial charge is 0.480 e. The number of aliphatic carboxylic acids is 1. The molecule has 2 atom stereocenters. The monoisotopic (exact) mass is 324 g/mol. The molecule has 1 fully saturated rings. The standard InChI is InChI=1S/C15H20N2O4S/c1-2-5-10(15(20)21)16-13(18)11-6-3-8-17(11)14(19)12-7-4-9-22-12/h4,7,9-11H,2-3,5-6,8H2,1H3,(H,16,18)(H,20,21)/t10?,11-/m0/s1. The molecule has 1 aliphatic heterocycles. The van der Waals surface area contributed by atoms with Crippen LogP contribution in [0.1, 0.15) is 42.3 Å². The number of carbonyl (C=O) groups is 3. The third-order valence-corrected chi connectivity index (χ3v) is 4.60. The summed E-state index contributed by atoms with van der Waals surface area (Å²) in [5.74, 6) is -1.57. The molecule has 0 bridgehead atoms. The Balaban J connectivity index is 2.05. The van der Waals surface area contributed by atoms with Crippen molar-refractivity contribution >= 4 is 29.1 Å². The first-order chi connectivity index (χ1) is 10.5. The zero-order chi connectivity index (χ0) is 16.1. The lowest BCUT2D eigenvalue weighted by Gasteiger charge is -2.25. The first kappa shape index (κ1) is 16.5. The number of carbonyl (C=O) groups excluding carboxylic acids is 2. The Morgan fingerprint density at radius 2 is 2.27 bits per heavy atom. The van der Waals surface area contributed by atoms with Crippen molar-refractivity contribution in [2.24, 2.45) is 0 Å². The van der Waals surface area contributed by atoms with Crippen molar-refractivity contribution in [3.05, 3.63) is 22.4 Å². The molecule has 1 aromatic heterocycles. The van der Waals surface area contributed by atoms with E-state index in [2.05, 4.69) is 5.32 Å². The van der Waals surface area contributed by atoms with Crippen LogP contribution in [0.3, 0.4) is 0 Å². The molecule has 22 heavy (non-hydrogen) atoms. The van der Waals surface area contributed by atoms with Gasteiger partial charge in [-0.05, 0) is 30.7 Å². The predicted molar refractivity (Wildman–Crippen MR) is 82.9 cm³/mol. The third-order valence-electron chi connectivity index (χ3n) is 3.74. The highest BCUT2D eigenvalue weighted by Crippen LogP contribution is 2.22. The molecule has 0 saturated carbocycles. The van der Waals surface area contributed by atoms with Gasteiger partial charge in [0.1, 0.15) is 12.1 Å². The topological polar surface area (TPSA) is 86.7 Å². The number of hydrogen-bond donors (Lipinski definition) is 2. The smallest absolute Gasteiger partial charge is 0.326 e. The van der Waals surface area contributed by atoms with Crippen LogP contribution in [-0.2, 0) is 9.59 Å². The molecule has 7 heteroatoms. The zero-order valence-corrected chi connectivity index (χ0v) is 13.3. The van der Waals surface area contributed by atoms with Crippen LogP contribution in [-0.4, -0.2) is 46.4 Å². The van der Waals surface area contributed by atoms with Gasteiger partial charge in [0.25, 0.3) is 5.91 Å². The number of carboxylic acid groups (broad SMARTS) is 1. The fourth-order valence-corrected chi connectivity index (χ4v) is 3.32. The van der Waals surface area contributed by atoms with E-state index in [0.29, 0.717) is 30.7 Å². The highest BCUT2D eigenvalue weighted by molar-refractivity contribution is 7.12. The van der Waals surface area contributed by atoms with Crippen molar-refractivity contribution in [3.8, 4) is 0 Å². The molecule has 0 spiro atoms. The van der Waals surface area contributed by atoms with Gasteiger partial charge in [0.15, 0.2) is 0 Å². The molecule has 0 radical (unpaired) electrons. The summed E-state index contributed by atoms with van der Waals surface area (Å²) in [5.41, 5.74) is 0. The van der Waals surface area contributed by atoms with Crippen LogP contribution in [0.2, 0.25) is 0 Å². The number of nitrogens with zero attached hydrogens (tertiary/aromatic N) is 1. The number of hydrogen-bond acceptors (Lipinski definition) is 4. The van der Waals surface area contributed by atoms with Crippen LogP contribution in [0.4, 0.5) is 0 Å². The summed E-state index contributed by atoms with van der Waals surface area (Å²) in [6.45, 7) is 2.39. The van der Waals surface area contributed by atoms with Gasteiger partial charge in [0.2, 0.25) is 5.91 Å². The van der Waals surface area contributed by atoms with Crippen LogP contribution < -0.4 is 5.32 Å². The number of amides is 2. The van der Waals surface area contributed by atoms with Crippen LogP contribution in [0.25, 0.3) is 0 Å².